The zero-order chi connectivity index (χ0) is 13.1. The van der Waals surface area contributed by atoms with Crippen molar-refractivity contribution in [3.8, 4) is 0 Å². The van der Waals surface area contributed by atoms with Gasteiger partial charge in [0.15, 0.2) is 5.82 Å². The summed E-state index contributed by atoms with van der Waals surface area (Å²) in [5.74, 6) is 0.801. The van der Waals surface area contributed by atoms with Gasteiger partial charge in [-0.05, 0) is 25.0 Å². The molecule has 1 aromatic carbocycles. The third-order valence-electron chi connectivity index (χ3n) is 3.32. The summed E-state index contributed by atoms with van der Waals surface area (Å²) in [4.78, 5) is 4.34. The number of rotatable bonds is 5. The number of nitrogens with zero attached hydrogens (tertiary/aromatic N) is 2. The van der Waals surface area contributed by atoms with Gasteiger partial charge in [-0.2, -0.15) is 0 Å². The number of benzene rings is 1. The number of fused-ring (bicyclic) bond motifs is 1. The summed E-state index contributed by atoms with van der Waals surface area (Å²) in [6.45, 7) is 4.30. The van der Waals surface area contributed by atoms with Crippen LogP contribution >= 0.6 is 11.6 Å². The molecule has 0 aliphatic rings. The SMILES string of the molecule is CCCC(CC)n1c(CCl)nc2c(F)cccc21. The smallest absolute Gasteiger partial charge is 0.151 e. The molecule has 0 N–H and O–H groups in total. The molecule has 1 heterocycles. The predicted molar refractivity (Wildman–Crippen MR) is 73.5 cm³/mol. The van der Waals surface area contributed by atoms with Crippen LogP contribution in [0.2, 0.25) is 0 Å². The molecule has 0 spiro atoms. The third-order valence-corrected chi connectivity index (χ3v) is 3.56. The topological polar surface area (TPSA) is 17.8 Å². The highest BCUT2D eigenvalue weighted by Crippen LogP contribution is 2.28. The van der Waals surface area contributed by atoms with E-state index in [2.05, 4.69) is 23.4 Å². The van der Waals surface area contributed by atoms with E-state index in [4.69, 9.17) is 11.6 Å². The molecule has 2 aromatic rings. The van der Waals surface area contributed by atoms with Crippen molar-refractivity contribution in [1.29, 1.82) is 0 Å². The fourth-order valence-corrected chi connectivity index (χ4v) is 2.67. The summed E-state index contributed by atoms with van der Waals surface area (Å²) in [5, 5.41) is 0. The molecule has 0 saturated carbocycles. The van der Waals surface area contributed by atoms with E-state index >= 15 is 0 Å². The summed E-state index contributed by atoms with van der Waals surface area (Å²) < 4.78 is 15.9. The van der Waals surface area contributed by atoms with E-state index in [1.165, 1.54) is 6.07 Å². The monoisotopic (exact) mass is 268 g/mol. The molecule has 1 unspecified atom stereocenters. The number of hydrogen-bond acceptors (Lipinski definition) is 1. The van der Waals surface area contributed by atoms with Crippen molar-refractivity contribution < 1.29 is 4.39 Å². The summed E-state index contributed by atoms with van der Waals surface area (Å²) in [6, 6.07) is 5.43. The largest absolute Gasteiger partial charge is 0.324 e. The van der Waals surface area contributed by atoms with Crippen molar-refractivity contribution in [3.05, 3.63) is 29.8 Å². The molecule has 4 heteroatoms. The highest BCUT2D eigenvalue weighted by molar-refractivity contribution is 6.16. The Balaban J connectivity index is 2.62. The lowest BCUT2D eigenvalue weighted by molar-refractivity contribution is 0.448. The van der Waals surface area contributed by atoms with Crippen LogP contribution < -0.4 is 0 Å². The normalized spacial score (nSPS) is 13.1. The van der Waals surface area contributed by atoms with Crippen LogP contribution in [-0.4, -0.2) is 9.55 Å². The number of aromatic nitrogens is 2. The van der Waals surface area contributed by atoms with Crippen molar-refractivity contribution >= 4 is 22.6 Å². The van der Waals surface area contributed by atoms with Gasteiger partial charge in [0.05, 0.1) is 11.4 Å². The van der Waals surface area contributed by atoms with E-state index in [0.717, 1.165) is 30.6 Å². The minimum Gasteiger partial charge on any atom is -0.324 e. The first-order valence-corrected chi connectivity index (χ1v) is 6.97. The van der Waals surface area contributed by atoms with E-state index < -0.39 is 0 Å². The van der Waals surface area contributed by atoms with Gasteiger partial charge in [0, 0.05) is 6.04 Å². The lowest BCUT2D eigenvalue weighted by atomic mass is 10.1. The van der Waals surface area contributed by atoms with Crippen LogP contribution in [0.3, 0.4) is 0 Å². The second kappa shape index (κ2) is 5.70. The summed E-state index contributed by atoms with van der Waals surface area (Å²) >= 11 is 5.95. The van der Waals surface area contributed by atoms with Crippen LogP contribution in [0.25, 0.3) is 11.0 Å². The maximum atomic E-state index is 13.8. The molecule has 0 bridgehead atoms. The van der Waals surface area contributed by atoms with Crippen LogP contribution in [0.4, 0.5) is 4.39 Å². The Morgan fingerprint density at radius 3 is 2.78 bits per heavy atom. The van der Waals surface area contributed by atoms with E-state index in [0.29, 0.717) is 17.4 Å². The lowest BCUT2D eigenvalue weighted by Gasteiger charge is -2.19. The molecule has 0 saturated heterocycles. The van der Waals surface area contributed by atoms with E-state index in [1.54, 1.807) is 6.07 Å². The Labute approximate surface area is 112 Å². The molecular weight excluding hydrogens is 251 g/mol. The van der Waals surface area contributed by atoms with Crippen LogP contribution in [0.5, 0.6) is 0 Å². The molecule has 0 radical (unpaired) electrons. The van der Waals surface area contributed by atoms with Crippen LogP contribution in [0.15, 0.2) is 18.2 Å². The average Bonchev–Trinajstić information content (AvgIpc) is 2.76. The molecule has 98 valence electrons. The summed E-state index contributed by atoms with van der Waals surface area (Å²) in [6.07, 6.45) is 3.15. The van der Waals surface area contributed by atoms with E-state index in [-0.39, 0.29) is 5.82 Å². The number of para-hydroxylation sites is 1. The van der Waals surface area contributed by atoms with E-state index in [9.17, 15) is 4.39 Å². The van der Waals surface area contributed by atoms with Gasteiger partial charge in [0.2, 0.25) is 0 Å². The number of halogens is 2. The predicted octanol–water partition coefficient (Wildman–Crippen LogP) is 4.67. The first kappa shape index (κ1) is 13.3. The summed E-state index contributed by atoms with van der Waals surface area (Å²) in [5.41, 5.74) is 1.29. The lowest BCUT2D eigenvalue weighted by Crippen LogP contribution is -2.10. The molecule has 0 amide bonds. The molecular formula is C14H18ClFN2. The fraction of sp³-hybridized carbons (Fsp3) is 0.500. The van der Waals surface area contributed by atoms with Gasteiger partial charge in [0.25, 0.3) is 0 Å². The van der Waals surface area contributed by atoms with E-state index in [1.807, 2.05) is 6.07 Å². The van der Waals surface area contributed by atoms with Crippen LogP contribution in [-0.2, 0) is 5.88 Å². The maximum Gasteiger partial charge on any atom is 0.151 e. The van der Waals surface area contributed by atoms with Gasteiger partial charge in [0.1, 0.15) is 11.3 Å². The fourth-order valence-electron chi connectivity index (χ4n) is 2.48. The van der Waals surface area contributed by atoms with Crippen LogP contribution in [0, 0.1) is 5.82 Å². The zero-order valence-corrected chi connectivity index (χ0v) is 11.5. The molecule has 2 rings (SSSR count). The summed E-state index contributed by atoms with van der Waals surface area (Å²) in [7, 11) is 0. The van der Waals surface area contributed by atoms with Crippen LogP contribution in [0.1, 0.15) is 45.0 Å². The number of imidazole rings is 1. The highest BCUT2D eigenvalue weighted by atomic mass is 35.5. The molecule has 0 aliphatic carbocycles. The van der Waals surface area contributed by atoms with Gasteiger partial charge in [-0.25, -0.2) is 9.37 Å². The van der Waals surface area contributed by atoms with Crippen molar-refractivity contribution in [2.45, 2.75) is 45.0 Å². The molecule has 0 fully saturated rings. The average molecular weight is 269 g/mol. The van der Waals surface area contributed by atoms with Crippen molar-refractivity contribution in [3.63, 3.8) is 0 Å². The second-order valence-corrected chi connectivity index (χ2v) is 4.76. The molecule has 1 aromatic heterocycles. The van der Waals surface area contributed by atoms with Gasteiger partial charge >= 0.3 is 0 Å². The highest BCUT2D eigenvalue weighted by Gasteiger charge is 2.18. The Hall–Kier alpha value is -1.09. The molecule has 18 heavy (non-hydrogen) atoms. The minimum atomic E-state index is -0.274. The van der Waals surface area contributed by atoms with Crippen molar-refractivity contribution in [2.75, 3.05) is 0 Å². The van der Waals surface area contributed by atoms with Crippen molar-refractivity contribution in [1.82, 2.24) is 9.55 Å². The Morgan fingerprint density at radius 1 is 1.39 bits per heavy atom. The number of hydrogen-bond donors (Lipinski definition) is 0. The first-order valence-electron chi connectivity index (χ1n) is 6.44. The minimum absolute atomic E-state index is 0.274. The van der Waals surface area contributed by atoms with Gasteiger partial charge < -0.3 is 4.57 Å². The molecule has 0 aliphatic heterocycles. The Morgan fingerprint density at radius 2 is 2.17 bits per heavy atom. The first-order chi connectivity index (χ1) is 8.72. The molecule has 2 nitrogen and oxygen atoms in total. The Bertz CT molecular complexity index is 536. The Kier molecular flexibility index (Phi) is 4.23. The van der Waals surface area contributed by atoms with Gasteiger partial charge in [-0.1, -0.05) is 26.3 Å². The van der Waals surface area contributed by atoms with Gasteiger partial charge in [-0.15, -0.1) is 11.6 Å². The quantitative estimate of drug-likeness (QED) is 0.721. The van der Waals surface area contributed by atoms with Gasteiger partial charge in [-0.3, -0.25) is 0 Å². The standard InChI is InChI=1S/C14H18ClFN2/c1-3-6-10(4-2)18-12-8-5-7-11(16)14(12)17-13(18)9-15/h5,7-8,10H,3-4,6,9H2,1-2H3. The maximum absolute atomic E-state index is 13.8. The molecule has 1 atom stereocenters. The number of alkyl halides is 1. The zero-order valence-electron chi connectivity index (χ0n) is 10.8. The second-order valence-electron chi connectivity index (χ2n) is 4.49. The third kappa shape index (κ3) is 2.24. The van der Waals surface area contributed by atoms with Crippen molar-refractivity contribution in [2.24, 2.45) is 0 Å².